The standard InChI is InChI=1S/C33H31F2N5O3/c1-17-24-7-5-21(33(42)39-15-22(34)13-23(36)16-39)12-29(24)43-30(17)28-11-20-6-9-27(38-32(20)40(28)14-18-2-3-18)19-4-8-25(31(37)41)26(35)10-19/h4-12,18,22-23H,2-3,13-16,36H2,1H3,(H2,37,41)/t22-,23-/m1/s1. The van der Waals surface area contributed by atoms with Crippen molar-refractivity contribution < 1.29 is 22.8 Å². The highest BCUT2D eigenvalue weighted by atomic mass is 19.1. The van der Waals surface area contributed by atoms with Crippen molar-refractivity contribution in [3.63, 3.8) is 0 Å². The number of hydrogen-bond donors (Lipinski definition) is 2. The minimum atomic E-state index is -1.13. The van der Waals surface area contributed by atoms with Crippen LogP contribution in [-0.2, 0) is 6.54 Å². The molecule has 1 aliphatic heterocycles. The van der Waals surface area contributed by atoms with Crippen molar-refractivity contribution >= 4 is 33.8 Å². The number of likely N-dealkylation sites (tertiary alicyclic amines) is 1. The molecule has 2 fully saturated rings. The predicted molar refractivity (Wildman–Crippen MR) is 160 cm³/mol. The Bertz CT molecular complexity index is 1920. The number of benzene rings is 2. The first kappa shape index (κ1) is 27.3. The number of primary amides is 1. The molecule has 4 heterocycles. The maximum absolute atomic E-state index is 14.6. The summed E-state index contributed by atoms with van der Waals surface area (Å²) in [6, 6.07) is 15.1. The lowest BCUT2D eigenvalue weighted by atomic mass is 10.0. The molecule has 1 saturated heterocycles. The fraction of sp³-hybridized carbons (Fsp3) is 0.303. The molecule has 4 N–H and O–H groups in total. The predicted octanol–water partition coefficient (Wildman–Crippen LogP) is 5.58. The summed E-state index contributed by atoms with van der Waals surface area (Å²) in [7, 11) is 0. The van der Waals surface area contributed by atoms with Crippen LogP contribution in [0.2, 0.25) is 0 Å². The first-order chi connectivity index (χ1) is 20.7. The topological polar surface area (TPSA) is 120 Å². The zero-order valence-electron chi connectivity index (χ0n) is 23.6. The quantitative estimate of drug-likeness (QED) is 0.270. The Morgan fingerprint density at radius 2 is 1.88 bits per heavy atom. The van der Waals surface area contributed by atoms with Crippen molar-refractivity contribution in [3.05, 3.63) is 77.1 Å². The number of amides is 2. The lowest BCUT2D eigenvalue weighted by Crippen LogP contribution is -2.50. The summed E-state index contributed by atoms with van der Waals surface area (Å²) in [6.45, 7) is 3.09. The van der Waals surface area contributed by atoms with Crippen molar-refractivity contribution in [1.82, 2.24) is 14.5 Å². The molecule has 220 valence electrons. The van der Waals surface area contributed by atoms with E-state index in [1.54, 1.807) is 18.2 Å². The van der Waals surface area contributed by atoms with Crippen LogP contribution in [-0.4, -0.2) is 51.6 Å². The number of nitrogens with two attached hydrogens (primary N) is 2. The summed E-state index contributed by atoms with van der Waals surface area (Å²) in [5.41, 5.74) is 15.7. The molecule has 2 atom stereocenters. The van der Waals surface area contributed by atoms with Gasteiger partial charge in [0, 0.05) is 46.6 Å². The van der Waals surface area contributed by atoms with Crippen molar-refractivity contribution in [1.29, 1.82) is 0 Å². The van der Waals surface area contributed by atoms with E-state index < -0.39 is 17.9 Å². The van der Waals surface area contributed by atoms with Gasteiger partial charge in [-0.3, -0.25) is 9.59 Å². The number of nitrogens with zero attached hydrogens (tertiary/aromatic N) is 3. The summed E-state index contributed by atoms with van der Waals surface area (Å²) in [6.07, 6.45) is 1.38. The molecule has 0 radical (unpaired) electrons. The van der Waals surface area contributed by atoms with E-state index in [2.05, 4.69) is 4.57 Å². The summed E-state index contributed by atoms with van der Waals surface area (Å²) < 4.78 is 37.3. The highest BCUT2D eigenvalue weighted by Crippen LogP contribution is 2.40. The molecule has 3 aromatic heterocycles. The first-order valence-corrected chi connectivity index (χ1v) is 14.5. The van der Waals surface area contributed by atoms with Crippen molar-refractivity contribution in [3.8, 4) is 22.7 Å². The summed E-state index contributed by atoms with van der Waals surface area (Å²) in [5, 5.41) is 1.79. The number of halogens is 2. The zero-order valence-corrected chi connectivity index (χ0v) is 23.6. The summed E-state index contributed by atoms with van der Waals surface area (Å²) in [4.78, 5) is 31.1. The Hall–Kier alpha value is -4.57. The average Bonchev–Trinajstić information content (AvgIpc) is 3.65. The second-order valence-electron chi connectivity index (χ2n) is 11.8. The summed E-state index contributed by atoms with van der Waals surface area (Å²) in [5.74, 6) is -0.576. The molecule has 5 aromatic rings. The van der Waals surface area contributed by atoms with Gasteiger partial charge in [0.05, 0.1) is 23.5 Å². The van der Waals surface area contributed by atoms with Crippen molar-refractivity contribution in [2.24, 2.45) is 17.4 Å². The number of aromatic nitrogens is 2. The lowest BCUT2D eigenvalue weighted by Gasteiger charge is -2.33. The van der Waals surface area contributed by atoms with Gasteiger partial charge in [0.25, 0.3) is 11.8 Å². The van der Waals surface area contributed by atoms with Gasteiger partial charge in [-0.25, -0.2) is 13.8 Å². The molecule has 8 nitrogen and oxygen atoms in total. The Morgan fingerprint density at radius 1 is 1.07 bits per heavy atom. The van der Waals surface area contributed by atoms with E-state index in [9.17, 15) is 18.4 Å². The molecule has 0 unspecified atom stereocenters. The zero-order chi connectivity index (χ0) is 30.0. The van der Waals surface area contributed by atoms with Gasteiger partial charge in [0.2, 0.25) is 0 Å². The van der Waals surface area contributed by atoms with E-state index in [-0.39, 0.29) is 30.5 Å². The second-order valence-corrected chi connectivity index (χ2v) is 11.8. The Labute approximate surface area is 246 Å². The SMILES string of the molecule is Cc1c(-c2cc3ccc(-c4ccc(C(N)=O)c(F)c4)nc3n2CC2CC2)oc2cc(C(=O)N3C[C@H](N)C[C@@H](F)C3)ccc12. The highest BCUT2D eigenvalue weighted by Gasteiger charge is 2.30. The second kappa shape index (κ2) is 10.3. The van der Waals surface area contributed by atoms with Crippen LogP contribution in [0.5, 0.6) is 0 Å². The number of alkyl halides is 1. The van der Waals surface area contributed by atoms with Gasteiger partial charge in [-0.2, -0.15) is 0 Å². The van der Waals surface area contributed by atoms with Crippen molar-refractivity contribution in [2.75, 3.05) is 13.1 Å². The Kier molecular flexibility index (Phi) is 6.54. The monoisotopic (exact) mass is 583 g/mol. The molecule has 0 bridgehead atoms. The summed E-state index contributed by atoms with van der Waals surface area (Å²) >= 11 is 0. The van der Waals surface area contributed by atoms with Gasteiger partial charge in [-0.05, 0) is 74.6 Å². The van der Waals surface area contributed by atoms with E-state index in [4.69, 9.17) is 20.9 Å². The van der Waals surface area contributed by atoms with Crippen LogP contribution in [0.1, 0.15) is 45.5 Å². The molecule has 43 heavy (non-hydrogen) atoms. The maximum atomic E-state index is 14.6. The Balaban J connectivity index is 1.29. The van der Waals surface area contributed by atoms with Crippen LogP contribution in [0.4, 0.5) is 8.78 Å². The van der Waals surface area contributed by atoms with Crippen LogP contribution < -0.4 is 11.5 Å². The molecular formula is C33H31F2N5O3. The smallest absolute Gasteiger partial charge is 0.254 e. The number of pyridine rings is 1. The van der Waals surface area contributed by atoms with E-state index in [1.165, 1.54) is 17.0 Å². The van der Waals surface area contributed by atoms with Gasteiger partial charge in [0.1, 0.15) is 23.2 Å². The number of rotatable bonds is 6. The van der Waals surface area contributed by atoms with Gasteiger partial charge in [0.15, 0.2) is 5.76 Å². The first-order valence-electron chi connectivity index (χ1n) is 14.5. The van der Waals surface area contributed by atoms with Crippen LogP contribution in [0.25, 0.3) is 44.7 Å². The van der Waals surface area contributed by atoms with Gasteiger partial charge in [-0.1, -0.05) is 12.1 Å². The minimum absolute atomic E-state index is 0.0329. The van der Waals surface area contributed by atoms with Gasteiger partial charge < -0.3 is 25.4 Å². The molecule has 7 rings (SSSR count). The number of fused-ring (bicyclic) bond motifs is 2. The third-order valence-corrected chi connectivity index (χ3v) is 8.55. The number of piperidine rings is 1. The normalized spacial score (nSPS) is 18.9. The van der Waals surface area contributed by atoms with Crippen LogP contribution in [0, 0.1) is 18.7 Å². The minimum Gasteiger partial charge on any atom is -0.454 e. The molecule has 1 aliphatic carbocycles. The van der Waals surface area contributed by atoms with E-state index in [0.29, 0.717) is 40.6 Å². The number of carbonyl (C=O) groups excluding carboxylic acids is 2. The highest BCUT2D eigenvalue weighted by molar-refractivity contribution is 5.99. The maximum Gasteiger partial charge on any atom is 0.254 e. The molecule has 2 amide bonds. The number of hydrogen-bond acceptors (Lipinski definition) is 5. The van der Waals surface area contributed by atoms with Gasteiger partial charge >= 0.3 is 0 Å². The number of furan rings is 1. The van der Waals surface area contributed by atoms with E-state index >= 15 is 0 Å². The van der Waals surface area contributed by atoms with E-state index in [0.717, 1.165) is 47.1 Å². The van der Waals surface area contributed by atoms with Crippen LogP contribution in [0.3, 0.4) is 0 Å². The molecule has 10 heteroatoms. The Morgan fingerprint density at radius 3 is 2.60 bits per heavy atom. The fourth-order valence-electron chi connectivity index (χ4n) is 6.12. The largest absolute Gasteiger partial charge is 0.454 e. The van der Waals surface area contributed by atoms with Crippen molar-refractivity contribution in [2.45, 2.75) is 44.9 Å². The molecule has 2 aromatic carbocycles. The third kappa shape index (κ3) is 4.95. The number of aryl methyl sites for hydroxylation is 1. The third-order valence-electron chi connectivity index (χ3n) is 8.55. The lowest BCUT2D eigenvalue weighted by molar-refractivity contribution is 0.0606. The van der Waals surface area contributed by atoms with E-state index in [1.807, 2.05) is 31.2 Å². The molecule has 2 aliphatic rings. The average molecular weight is 584 g/mol. The molecule has 1 saturated carbocycles. The fourth-order valence-corrected chi connectivity index (χ4v) is 6.12. The van der Waals surface area contributed by atoms with Crippen LogP contribution >= 0.6 is 0 Å². The number of carbonyl (C=O) groups is 2. The van der Waals surface area contributed by atoms with Crippen LogP contribution in [0.15, 0.2) is 59.0 Å². The molecule has 0 spiro atoms. The molecular weight excluding hydrogens is 552 g/mol. The van der Waals surface area contributed by atoms with Gasteiger partial charge in [-0.15, -0.1) is 0 Å².